The largest absolute Gasteiger partial charge is 0.443 e. The van der Waals surface area contributed by atoms with Crippen LogP contribution in [0.25, 0.3) is 0 Å². The summed E-state index contributed by atoms with van der Waals surface area (Å²) in [6, 6.07) is -0.446. The second-order valence-corrected chi connectivity index (χ2v) is 6.93. The maximum Gasteiger partial charge on any atom is 0.330 e. The Morgan fingerprint density at radius 2 is 2.04 bits per heavy atom. The minimum Gasteiger partial charge on any atom is -0.443 e. The van der Waals surface area contributed by atoms with Gasteiger partial charge in [-0.05, 0) is 25.2 Å². The summed E-state index contributed by atoms with van der Waals surface area (Å²) in [6.07, 6.45) is 3.63. The highest BCUT2D eigenvalue weighted by Gasteiger charge is 2.61. The molecule has 6 nitrogen and oxygen atoms in total. The van der Waals surface area contributed by atoms with Gasteiger partial charge in [0.1, 0.15) is 6.54 Å². The van der Waals surface area contributed by atoms with Crippen molar-refractivity contribution in [1.82, 2.24) is 9.80 Å². The first-order valence-corrected chi connectivity index (χ1v) is 7.72. The smallest absolute Gasteiger partial charge is 0.330 e. The van der Waals surface area contributed by atoms with Crippen LogP contribution in [-0.2, 0) is 14.3 Å². The zero-order valence-electron chi connectivity index (χ0n) is 14.2. The highest BCUT2D eigenvalue weighted by molar-refractivity contribution is 6.02. The van der Waals surface area contributed by atoms with Crippen LogP contribution in [0.1, 0.15) is 27.7 Å². The third-order valence-corrected chi connectivity index (χ3v) is 4.49. The zero-order chi connectivity index (χ0) is 17.4. The Kier molecular flexibility index (Phi) is 4.63. The first-order valence-electron chi connectivity index (χ1n) is 7.72. The Labute approximate surface area is 136 Å². The van der Waals surface area contributed by atoms with Crippen molar-refractivity contribution in [3.8, 4) is 0 Å². The quantitative estimate of drug-likeness (QED) is 0.427. The van der Waals surface area contributed by atoms with Crippen molar-refractivity contribution >= 4 is 17.9 Å². The molecule has 0 aromatic rings. The Hall–Kier alpha value is -2.11. The summed E-state index contributed by atoms with van der Waals surface area (Å²) in [5.74, 6) is -0.808. The van der Waals surface area contributed by atoms with Gasteiger partial charge in [0.2, 0.25) is 0 Å². The molecule has 1 saturated carbocycles. The third kappa shape index (κ3) is 3.30. The predicted octanol–water partition coefficient (Wildman–Crippen LogP) is 2.18. The number of carbonyl (C=O) groups is 3. The molecule has 0 spiro atoms. The van der Waals surface area contributed by atoms with E-state index in [0.29, 0.717) is 6.54 Å². The number of imide groups is 1. The fraction of sp³-hybridized carbons (Fsp3) is 0.588. The van der Waals surface area contributed by atoms with E-state index in [1.807, 2.05) is 27.7 Å². The van der Waals surface area contributed by atoms with E-state index in [9.17, 15) is 14.4 Å². The highest BCUT2D eigenvalue weighted by Crippen LogP contribution is 2.59. The van der Waals surface area contributed by atoms with Crippen LogP contribution in [0, 0.1) is 17.3 Å². The molecular formula is C17H24N2O4. The van der Waals surface area contributed by atoms with Gasteiger partial charge in [0.25, 0.3) is 5.91 Å². The molecule has 6 heteroatoms. The lowest BCUT2D eigenvalue weighted by atomic mass is 10.1. The predicted molar refractivity (Wildman–Crippen MR) is 85.2 cm³/mol. The standard InChI is InChI=1S/C17H24N2O4/c1-6-7-18-9-13(20)19(16(18)22)10-23-15(21)14-12(8-11(2)3)17(14,4)5/h6,8,12,14H,1,7,9-10H2,2-5H3. The van der Waals surface area contributed by atoms with E-state index in [1.165, 1.54) is 4.90 Å². The zero-order valence-corrected chi connectivity index (χ0v) is 14.2. The van der Waals surface area contributed by atoms with Crippen LogP contribution in [0.5, 0.6) is 0 Å². The van der Waals surface area contributed by atoms with Crippen LogP contribution in [-0.4, -0.2) is 47.5 Å². The molecule has 0 aromatic heterocycles. The Bertz CT molecular complexity index is 575. The monoisotopic (exact) mass is 320 g/mol. The van der Waals surface area contributed by atoms with E-state index in [-0.39, 0.29) is 42.4 Å². The van der Waals surface area contributed by atoms with Gasteiger partial charge in [0.15, 0.2) is 6.73 Å². The minimum absolute atomic E-state index is 0.00226. The number of hydrogen-bond donors (Lipinski definition) is 0. The van der Waals surface area contributed by atoms with E-state index >= 15 is 0 Å². The topological polar surface area (TPSA) is 66.9 Å². The van der Waals surface area contributed by atoms with E-state index in [0.717, 1.165) is 10.5 Å². The van der Waals surface area contributed by atoms with Gasteiger partial charge in [0.05, 0.1) is 5.92 Å². The van der Waals surface area contributed by atoms with Crippen molar-refractivity contribution < 1.29 is 19.1 Å². The normalized spacial score (nSPS) is 25.4. The highest BCUT2D eigenvalue weighted by atomic mass is 16.5. The third-order valence-electron chi connectivity index (χ3n) is 4.49. The van der Waals surface area contributed by atoms with Crippen molar-refractivity contribution in [2.24, 2.45) is 17.3 Å². The molecule has 1 aliphatic heterocycles. The van der Waals surface area contributed by atoms with Crippen LogP contribution >= 0.6 is 0 Å². The second kappa shape index (κ2) is 6.18. The molecule has 126 valence electrons. The second-order valence-electron chi connectivity index (χ2n) is 6.93. The summed E-state index contributed by atoms with van der Waals surface area (Å²) >= 11 is 0. The lowest BCUT2D eigenvalue weighted by molar-refractivity contribution is -0.151. The van der Waals surface area contributed by atoms with Gasteiger partial charge in [-0.1, -0.05) is 31.6 Å². The number of hydrogen-bond acceptors (Lipinski definition) is 4. The van der Waals surface area contributed by atoms with Gasteiger partial charge in [-0.2, -0.15) is 0 Å². The van der Waals surface area contributed by atoms with Gasteiger partial charge in [-0.25, -0.2) is 9.69 Å². The molecule has 2 rings (SSSR count). The molecule has 1 saturated heterocycles. The number of nitrogens with zero attached hydrogens (tertiary/aromatic N) is 2. The Morgan fingerprint density at radius 3 is 2.61 bits per heavy atom. The summed E-state index contributed by atoms with van der Waals surface area (Å²) in [6.45, 7) is 11.5. The molecule has 2 atom stereocenters. The van der Waals surface area contributed by atoms with Crippen molar-refractivity contribution in [3.63, 3.8) is 0 Å². The first-order chi connectivity index (χ1) is 10.7. The van der Waals surface area contributed by atoms with Crippen molar-refractivity contribution in [3.05, 3.63) is 24.3 Å². The van der Waals surface area contributed by atoms with E-state index < -0.39 is 6.03 Å². The minimum atomic E-state index is -0.446. The van der Waals surface area contributed by atoms with Crippen molar-refractivity contribution in [2.75, 3.05) is 19.8 Å². The molecule has 1 aliphatic carbocycles. The van der Waals surface area contributed by atoms with Gasteiger partial charge in [-0.15, -0.1) is 6.58 Å². The number of carbonyl (C=O) groups excluding carboxylic acids is 3. The molecule has 23 heavy (non-hydrogen) atoms. The molecule has 2 fully saturated rings. The first kappa shape index (κ1) is 17.2. The molecule has 1 heterocycles. The van der Waals surface area contributed by atoms with E-state index in [4.69, 9.17) is 4.74 Å². The molecule has 0 N–H and O–H groups in total. The summed E-state index contributed by atoms with van der Waals surface area (Å²) in [5, 5.41) is 0. The fourth-order valence-corrected chi connectivity index (χ4v) is 3.04. The average Bonchev–Trinajstić information content (AvgIpc) is 2.85. The van der Waals surface area contributed by atoms with Crippen LogP contribution in [0.4, 0.5) is 4.79 Å². The summed E-state index contributed by atoms with van der Waals surface area (Å²) < 4.78 is 5.23. The molecule has 0 aromatic carbocycles. The average molecular weight is 320 g/mol. The number of urea groups is 1. The summed E-state index contributed by atoms with van der Waals surface area (Å²) in [5.41, 5.74) is 1.01. The molecule has 0 radical (unpaired) electrons. The summed E-state index contributed by atoms with van der Waals surface area (Å²) in [7, 11) is 0. The van der Waals surface area contributed by atoms with E-state index in [2.05, 4.69) is 12.7 Å². The van der Waals surface area contributed by atoms with Crippen molar-refractivity contribution in [1.29, 1.82) is 0 Å². The summed E-state index contributed by atoms with van der Waals surface area (Å²) in [4.78, 5) is 38.4. The molecule has 3 amide bonds. The van der Waals surface area contributed by atoms with Crippen LogP contribution in [0.15, 0.2) is 24.3 Å². The SMILES string of the molecule is C=CCN1CC(=O)N(COC(=O)C2C(C=C(C)C)C2(C)C)C1=O. The molecule has 0 bridgehead atoms. The molecule has 2 aliphatic rings. The lowest BCUT2D eigenvalue weighted by Crippen LogP contribution is -2.36. The number of ether oxygens (including phenoxy) is 1. The van der Waals surface area contributed by atoms with E-state index in [1.54, 1.807) is 6.08 Å². The van der Waals surface area contributed by atoms with Gasteiger partial charge in [0, 0.05) is 6.54 Å². The van der Waals surface area contributed by atoms with Gasteiger partial charge >= 0.3 is 12.0 Å². The number of allylic oxidation sites excluding steroid dienone is 2. The van der Waals surface area contributed by atoms with Gasteiger partial charge < -0.3 is 9.64 Å². The van der Waals surface area contributed by atoms with Crippen LogP contribution < -0.4 is 0 Å². The molecular weight excluding hydrogens is 296 g/mol. The van der Waals surface area contributed by atoms with Crippen LogP contribution in [0.2, 0.25) is 0 Å². The fourth-order valence-electron chi connectivity index (χ4n) is 3.04. The lowest BCUT2D eigenvalue weighted by Gasteiger charge is -2.15. The van der Waals surface area contributed by atoms with Crippen molar-refractivity contribution in [2.45, 2.75) is 27.7 Å². The number of amides is 3. The maximum atomic E-state index is 12.3. The molecule has 2 unspecified atom stereocenters. The maximum absolute atomic E-state index is 12.3. The Morgan fingerprint density at radius 1 is 1.39 bits per heavy atom. The number of rotatable bonds is 6. The number of esters is 1. The van der Waals surface area contributed by atoms with Crippen LogP contribution in [0.3, 0.4) is 0 Å². The Balaban J connectivity index is 1.93. The van der Waals surface area contributed by atoms with Gasteiger partial charge in [-0.3, -0.25) is 9.59 Å².